The third-order valence-electron chi connectivity index (χ3n) is 4.30. The van der Waals surface area contributed by atoms with Crippen molar-refractivity contribution < 1.29 is 13.9 Å². The number of nitrogens with zero attached hydrogens (tertiary/aromatic N) is 1. The van der Waals surface area contributed by atoms with Crippen molar-refractivity contribution in [1.29, 1.82) is 0 Å². The summed E-state index contributed by atoms with van der Waals surface area (Å²) in [6.07, 6.45) is 0.710. The maximum Gasteiger partial charge on any atom is 0.226 e. The van der Waals surface area contributed by atoms with Crippen LogP contribution in [-0.4, -0.2) is 31.0 Å². The van der Waals surface area contributed by atoms with E-state index in [9.17, 15) is 9.18 Å². The van der Waals surface area contributed by atoms with Gasteiger partial charge in [0.1, 0.15) is 18.2 Å². The number of halogens is 2. The van der Waals surface area contributed by atoms with Crippen molar-refractivity contribution >= 4 is 17.5 Å². The Balaban J connectivity index is 1.47. The minimum atomic E-state index is -0.230. The van der Waals surface area contributed by atoms with E-state index in [4.69, 9.17) is 16.3 Å². The minimum Gasteiger partial charge on any atom is -0.492 e. The van der Waals surface area contributed by atoms with E-state index in [2.05, 4.69) is 0 Å². The number of likely N-dealkylation sites (N-methyl/N-ethyl adjacent to an activating group) is 1. The molecule has 0 saturated heterocycles. The Morgan fingerprint density at radius 1 is 1.25 bits per heavy atom. The highest BCUT2D eigenvalue weighted by Crippen LogP contribution is 2.49. The molecule has 2 unspecified atom stereocenters. The lowest BCUT2D eigenvalue weighted by molar-refractivity contribution is -0.131. The van der Waals surface area contributed by atoms with Gasteiger partial charge in [-0.25, -0.2) is 4.39 Å². The van der Waals surface area contributed by atoms with Crippen molar-refractivity contribution in [2.24, 2.45) is 5.92 Å². The Kier molecular flexibility index (Phi) is 5.05. The normalized spacial score (nSPS) is 19.0. The van der Waals surface area contributed by atoms with Crippen molar-refractivity contribution in [3.8, 4) is 5.75 Å². The van der Waals surface area contributed by atoms with Crippen molar-refractivity contribution in [2.75, 3.05) is 20.2 Å². The standard InChI is InChI=1S/C19H19ClFNO2/c1-22(10-11-24-14-8-6-13(20)7-9-14)19(23)17-12-16(17)15-4-2-3-5-18(15)21/h2-9,16-17H,10-12H2,1H3. The summed E-state index contributed by atoms with van der Waals surface area (Å²) in [7, 11) is 1.75. The van der Waals surface area contributed by atoms with E-state index >= 15 is 0 Å². The maximum atomic E-state index is 13.8. The van der Waals surface area contributed by atoms with E-state index in [0.29, 0.717) is 30.2 Å². The van der Waals surface area contributed by atoms with Crippen LogP contribution in [0.4, 0.5) is 4.39 Å². The van der Waals surface area contributed by atoms with Crippen LogP contribution in [0.5, 0.6) is 5.75 Å². The van der Waals surface area contributed by atoms with Gasteiger partial charge in [-0.1, -0.05) is 29.8 Å². The fourth-order valence-corrected chi connectivity index (χ4v) is 2.94. The van der Waals surface area contributed by atoms with Crippen LogP contribution in [0.25, 0.3) is 0 Å². The number of carbonyl (C=O) groups is 1. The summed E-state index contributed by atoms with van der Waals surface area (Å²) < 4.78 is 19.4. The molecule has 0 aromatic heterocycles. The van der Waals surface area contributed by atoms with Crippen LogP contribution in [0.3, 0.4) is 0 Å². The van der Waals surface area contributed by atoms with E-state index in [1.165, 1.54) is 6.07 Å². The first kappa shape index (κ1) is 16.8. The van der Waals surface area contributed by atoms with Gasteiger partial charge in [-0.15, -0.1) is 0 Å². The molecular formula is C19H19ClFNO2. The number of amides is 1. The van der Waals surface area contributed by atoms with Crippen molar-refractivity contribution in [2.45, 2.75) is 12.3 Å². The summed E-state index contributed by atoms with van der Waals surface area (Å²) in [5.41, 5.74) is 0.640. The highest BCUT2D eigenvalue weighted by molar-refractivity contribution is 6.30. The molecule has 2 aromatic carbocycles. The molecule has 24 heavy (non-hydrogen) atoms. The van der Waals surface area contributed by atoms with E-state index in [1.54, 1.807) is 48.3 Å². The molecule has 1 aliphatic carbocycles. The van der Waals surface area contributed by atoms with E-state index in [-0.39, 0.29) is 23.6 Å². The van der Waals surface area contributed by atoms with Gasteiger partial charge in [-0.05, 0) is 48.2 Å². The highest BCUT2D eigenvalue weighted by Gasteiger charge is 2.46. The number of ether oxygens (including phenoxy) is 1. The molecule has 1 aliphatic rings. The van der Waals surface area contributed by atoms with Gasteiger partial charge in [0.25, 0.3) is 0 Å². The number of hydrogen-bond acceptors (Lipinski definition) is 2. The second-order valence-electron chi connectivity index (χ2n) is 6.03. The van der Waals surface area contributed by atoms with E-state index < -0.39 is 0 Å². The van der Waals surface area contributed by atoms with Gasteiger partial charge in [0.05, 0.1) is 6.54 Å². The van der Waals surface area contributed by atoms with E-state index in [1.807, 2.05) is 6.07 Å². The number of hydrogen-bond donors (Lipinski definition) is 0. The Hall–Kier alpha value is -2.07. The number of rotatable bonds is 6. The predicted octanol–water partition coefficient (Wildman–Crippen LogP) is 4.12. The molecular weight excluding hydrogens is 329 g/mol. The number of carbonyl (C=O) groups excluding carboxylic acids is 1. The first-order valence-electron chi connectivity index (χ1n) is 7.94. The summed E-state index contributed by atoms with van der Waals surface area (Å²) >= 11 is 5.82. The fraction of sp³-hybridized carbons (Fsp3) is 0.316. The first-order chi connectivity index (χ1) is 11.6. The second-order valence-corrected chi connectivity index (χ2v) is 6.47. The van der Waals surface area contributed by atoms with Crippen LogP contribution >= 0.6 is 11.6 Å². The molecule has 2 atom stereocenters. The largest absolute Gasteiger partial charge is 0.492 e. The summed E-state index contributed by atoms with van der Waals surface area (Å²) in [5, 5.41) is 0.655. The molecule has 0 aliphatic heterocycles. The molecule has 1 amide bonds. The average Bonchev–Trinajstić information content (AvgIpc) is 3.36. The molecule has 0 bridgehead atoms. The van der Waals surface area contributed by atoms with Gasteiger partial charge in [-0.2, -0.15) is 0 Å². The van der Waals surface area contributed by atoms with Gasteiger partial charge in [-0.3, -0.25) is 4.79 Å². The molecule has 3 nitrogen and oxygen atoms in total. The third kappa shape index (κ3) is 3.88. The van der Waals surface area contributed by atoms with Gasteiger partial charge in [0.2, 0.25) is 5.91 Å². The van der Waals surface area contributed by atoms with Crippen LogP contribution in [0.1, 0.15) is 17.9 Å². The van der Waals surface area contributed by atoms with Crippen LogP contribution in [0, 0.1) is 11.7 Å². The zero-order chi connectivity index (χ0) is 17.1. The van der Waals surface area contributed by atoms with Crippen molar-refractivity contribution in [1.82, 2.24) is 4.90 Å². The summed E-state index contributed by atoms with van der Waals surface area (Å²) in [6.45, 7) is 0.892. The van der Waals surface area contributed by atoms with Gasteiger partial charge >= 0.3 is 0 Å². The molecule has 5 heteroatoms. The zero-order valence-electron chi connectivity index (χ0n) is 13.4. The lowest BCUT2D eigenvalue weighted by atomic mass is 10.1. The van der Waals surface area contributed by atoms with Crippen molar-refractivity contribution in [3.05, 3.63) is 64.9 Å². The smallest absolute Gasteiger partial charge is 0.226 e. The number of benzene rings is 2. The first-order valence-corrected chi connectivity index (χ1v) is 8.32. The minimum absolute atomic E-state index is 0.00154. The fourth-order valence-electron chi connectivity index (χ4n) is 2.81. The predicted molar refractivity (Wildman–Crippen MR) is 91.8 cm³/mol. The molecule has 3 rings (SSSR count). The lowest BCUT2D eigenvalue weighted by Gasteiger charge is -2.17. The van der Waals surface area contributed by atoms with Gasteiger partial charge in [0, 0.05) is 18.0 Å². The molecule has 0 spiro atoms. The Labute approximate surface area is 146 Å². The Morgan fingerprint density at radius 2 is 1.96 bits per heavy atom. The highest BCUT2D eigenvalue weighted by atomic mass is 35.5. The monoisotopic (exact) mass is 347 g/mol. The van der Waals surface area contributed by atoms with E-state index in [0.717, 1.165) is 5.75 Å². The van der Waals surface area contributed by atoms with Crippen LogP contribution in [-0.2, 0) is 4.79 Å². The van der Waals surface area contributed by atoms with Gasteiger partial charge < -0.3 is 9.64 Å². The Morgan fingerprint density at radius 3 is 2.67 bits per heavy atom. The quantitative estimate of drug-likeness (QED) is 0.786. The summed E-state index contributed by atoms with van der Waals surface area (Å²) in [4.78, 5) is 14.1. The molecule has 0 heterocycles. The Bertz CT molecular complexity index is 720. The SMILES string of the molecule is CN(CCOc1ccc(Cl)cc1)C(=O)C1CC1c1ccccc1F. The molecule has 0 N–H and O–H groups in total. The molecule has 0 radical (unpaired) electrons. The van der Waals surface area contributed by atoms with Gasteiger partial charge in [0.15, 0.2) is 0 Å². The zero-order valence-corrected chi connectivity index (χ0v) is 14.2. The van der Waals surface area contributed by atoms with Crippen LogP contribution in [0.2, 0.25) is 5.02 Å². The maximum absolute atomic E-state index is 13.8. The molecule has 1 saturated carbocycles. The summed E-state index contributed by atoms with van der Waals surface area (Å²) in [5.74, 6) is 0.408. The lowest BCUT2D eigenvalue weighted by Crippen LogP contribution is -2.32. The summed E-state index contributed by atoms with van der Waals surface area (Å²) in [6, 6.07) is 13.8. The molecule has 2 aromatic rings. The molecule has 126 valence electrons. The van der Waals surface area contributed by atoms with Crippen molar-refractivity contribution in [3.63, 3.8) is 0 Å². The van der Waals surface area contributed by atoms with Crippen LogP contribution in [0.15, 0.2) is 48.5 Å². The van der Waals surface area contributed by atoms with Crippen LogP contribution < -0.4 is 4.74 Å². The topological polar surface area (TPSA) is 29.5 Å². The second kappa shape index (κ2) is 7.22. The third-order valence-corrected chi connectivity index (χ3v) is 4.55. The average molecular weight is 348 g/mol. The molecule has 1 fully saturated rings.